The fraction of sp³-hybridized carbons (Fsp3) is 0.611. The summed E-state index contributed by atoms with van der Waals surface area (Å²) in [4.78, 5) is 31.1. The molecule has 0 radical (unpaired) electrons. The van der Waals surface area contributed by atoms with Gasteiger partial charge in [0.1, 0.15) is 12.4 Å². The second-order valence-electron chi connectivity index (χ2n) is 14.4. The maximum atomic E-state index is 17.6. The van der Waals surface area contributed by atoms with Crippen LogP contribution in [0.4, 0.5) is 10.1 Å². The predicted octanol–water partition coefficient (Wildman–Crippen LogP) is 5.22. The number of hydrogen-bond donors (Lipinski definition) is 1. The Morgan fingerprint density at radius 3 is 2.63 bits per heavy atom. The Hall–Kier alpha value is -2.93. The predicted molar refractivity (Wildman–Crippen MR) is 186 cm³/mol. The summed E-state index contributed by atoms with van der Waals surface area (Å²) in [7, 11) is -0.254. The standard InChI is InChI=1S/C36H48ClFN4O6S/c1-40(2)49(45,46)39-35(44)36(38)21-34(43)41(3)16-13-24-14-17-47-33(18-24)30-11-8-26(30)22-42-15-5-4-6-25-19-29(37)10-7-27(25)23-48-32-12-9-28(36)20-31(32)42/h7,9-10,12,19-20,24,26,30,33H,4-6,8,11,13-18,21-23H2,1-3H3,(H,39,44)/t24-,26+,30-,33+,36-/m1/s1. The molecule has 4 bridgehead atoms. The number of benzene rings is 2. The lowest BCUT2D eigenvalue weighted by atomic mass is 9.67. The molecular formula is C36H48ClFN4O6S. The number of nitrogens with one attached hydrogen (secondary N) is 1. The first-order valence-electron chi connectivity index (χ1n) is 17.4. The number of carbonyl (C=O) groups excluding carboxylic acids is 2. The maximum absolute atomic E-state index is 17.6. The van der Waals surface area contributed by atoms with Crippen molar-refractivity contribution in [2.75, 3.05) is 52.3 Å². The van der Waals surface area contributed by atoms with E-state index in [1.54, 1.807) is 19.2 Å². The van der Waals surface area contributed by atoms with Gasteiger partial charge in [0.25, 0.3) is 5.91 Å². The van der Waals surface area contributed by atoms with E-state index in [1.165, 1.54) is 25.1 Å². The number of amides is 2. The Balaban J connectivity index is 1.45. The van der Waals surface area contributed by atoms with E-state index in [2.05, 4.69) is 4.90 Å². The second-order valence-corrected chi connectivity index (χ2v) is 16.7. The van der Waals surface area contributed by atoms with Crippen molar-refractivity contribution < 1.29 is 31.9 Å². The van der Waals surface area contributed by atoms with Crippen LogP contribution in [-0.2, 0) is 43.2 Å². The molecule has 6 rings (SSSR count). The molecule has 1 N–H and O–H groups in total. The Bertz CT molecular complexity index is 1660. The molecule has 3 aliphatic heterocycles. The van der Waals surface area contributed by atoms with Gasteiger partial charge in [0, 0.05) is 58.0 Å². The monoisotopic (exact) mass is 718 g/mol. The van der Waals surface area contributed by atoms with Crippen LogP contribution in [0.5, 0.6) is 5.75 Å². The fourth-order valence-electron chi connectivity index (χ4n) is 7.69. The summed E-state index contributed by atoms with van der Waals surface area (Å²) in [6.07, 6.45) is 6.61. The van der Waals surface area contributed by atoms with Crippen molar-refractivity contribution in [3.63, 3.8) is 0 Å². The van der Waals surface area contributed by atoms with Gasteiger partial charge in [-0.05, 0) is 105 Å². The largest absolute Gasteiger partial charge is 0.487 e. The zero-order valence-electron chi connectivity index (χ0n) is 28.6. The molecule has 3 heterocycles. The van der Waals surface area contributed by atoms with E-state index < -0.39 is 34.1 Å². The zero-order valence-corrected chi connectivity index (χ0v) is 30.2. The summed E-state index contributed by atoms with van der Waals surface area (Å²) in [5, 5.41) is 0.668. The molecule has 268 valence electrons. The molecule has 2 aromatic rings. The highest BCUT2D eigenvalue weighted by molar-refractivity contribution is 7.87. The quantitative estimate of drug-likeness (QED) is 0.464. The lowest BCUT2D eigenvalue weighted by Crippen LogP contribution is -2.50. The summed E-state index contributed by atoms with van der Waals surface area (Å²) in [6.45, 7) is 2.71. The highest BCUT2D eigenvalue weighted by atomic mass is 35.5. The third kappa shape index (κ3) is 7.87. The summed E-state index contributed by atoms with van der Waals surface area (Å²) < 4.78 is 58.6. The highest BCUT2D eigenvalue weighted by Crippen LogP contribution is 2.45. The maximum Gasteiger partial charge on any atom is 0.303 e. The molecule has 0 unspecified atom stereocenters. The number of rotatable bonds is 3. The Labute approximate surface area is 294 Å². The molecule has 5 atom stereocenters. The van der Waals surface area contributed by atoms with E-state index in [9.17, 15) is 18.0 Å². The Morgan fingerprint density at radius 2 is 1.88 bits per heavy atom. The van der Waals surface area contributed by atoms with Gasteiger partial charge in [0.15, 0.2) is 0 Å². The van der Waals surface area contributed by atoms with Crippen LogP contribution in [0.25, 0.3) is 0 Å². The van der Waals surface area contributed by atoms with Gasteiger partial charge in [-0.3, -0.25) is 9.59 Å². The number of hydrogen-bond acceptors (Lipinski definition) is 7. The van der Waals surface area contributed by atoms with Gasteiger partial charge < -0.3 is 19.3 Å². The van der Waals surface area contributed by atoms with Crippen LogP contribution in [-0.4, -0.2) is 82.9 Å². The summed E-state index contributed by atoms with van der Waals surface area (Å²) >= 11 is 6.35. The van der Waals surface area contributed by atoms with Crippen LogP contribution in [0, 0.1) is 17.8 Å². The first-order valence-corrected chi connectivity index (χ1v) is 19.2. The van der Waals surface area contributed by atoms with Crippen molar-refractivity contribution in [3.8, 4) is 5.75 Å². The van der Waals surface area contributed by atoms with E-state index in [4.69, 9.17) is 21.1 Å². The number of fused-ring (bicyclic) bond motifs is 6. The average molecular weight is 719 g/mol. The minimum Gasteiger partial charge on any atom is -0.487 e. The number of alkyl halides is 1. The molecule has 2 aromatic carbocycles. The van der Waals surface area contributed by atoms with Crippen molar-refractivity contribution >= 4 is 39.3 Å². The molecule has 2 amide bonds. The molecule has 10 nitrogen and oxygen atoms in total. The van der Waals surface area contributed by atoms with Crippen LogP contribution in [0.2, 0.25) is 5.02 Å². The molecule has 4 aliphatic rings. The van der Waals surface area contributed by atoms with Crippen molar-refractivity contribution in [2.45, 2.75) is 76.2 Å². The van der Waals surface area contributed by atoms with Gasteiger partial charge >= 0.3 is 10.2 Å². The van der Waals surface area contributed by atoms with Crippen LogP contribution < -0.4 is 14.4 Å². The van der Waals surface area contributed by atoms with Crippen LogP contribution in [0.3, 0.4) is 0 Å². The molecule has 0 spiro atoms. The fourth-order valence-corrected chi connectivity index (χ4v) is 8.46. The minimum atomic E-state index is -4.35. The molecule has 2 fully saturated rings. The van der Waals surface area contributed by atoms with E-state index in [1.807, 2.05) is 22.9 Å². The van der Waals surface area contributed by atoms with Crippen LogP contribution >= 0.6 is 11.6 Å². The summed E-state index contributed by atoms with van der Waals surface area (Å²) in [5.74, 6) is -0.353. The first kappa shape index (κ1) is 35.9. The highest BCUT2D eigenvalue weighted by Gasteiger charge is 2.47. The molecule has 1 saturated carbocycles. The number of carbonyl (C=O) groups is 2. The van der Waals surface area contributed by atoms with E-state index >= 15 is 4.39 Å². The first-order chi connectivity index (χ1) is 23.3. The molecule has 0 aromatic heterocycles. The number of nitrogens with zero attached hydrogens (tertiary/aromatic N) is 3. The lowest BCUT2D eigenvalue weighted by Gasteiger charge is -2.47. The normalized spacial score (nSPS) is 28.3. The summed E-state index contributed by atoms with van der Waals surface area (Å²) in [5.41, 5.74) is -0.345. The second kappa shape index (κ2) is 14.7. The SMILES string of the molecule is CN1CC[C@@H]2CCO[C@@H](C2)[C@@H]2CC[C@H]2CN2CCCCc3cc(Cl)ccc3COc3ccc(cc32)[C@@](F)(C(=O)NS(=O)(=O)N(C)C)CC1=O. The molecule has 49 heavy (non-hydrogen) atoms. The zero-order chi connectivity index (χ0) is 34.9. The van der Waals surface area contributed by atoms with Crippen molar-refractivity contribution in [2.24, 2.45) is 17.8 Å². The van der Waals surface area contributed by atoms with Crippen LogP contribution in [0.1, 0.15) is 68.1 Å². The van der Waals surface area contributed by atoms with Crippen molar-refractivity contribution in [3.05, 3.63) is 58.1 Å². The van der Waals surface area contributed by atoms with Crippen LogP contribution in [0.15, 0.2) is 36.4 Å². The van der Waals surface area contributed by atoms with Gasteiger partial charge in [-0.25, -0.2) is 9.11 Å². The van der Waals surface area contributed by atoms with E-state index in [0.717, 1.165) is 66.8 Å². The summed E-state index contributed by atoms with van der Waals surface area (Å²) in [6, 6.07) is 10.4. The van der Waals surface area contributed by atoms with E-state index in [0.29, 0.717) is 60.5 Å². The van der Waals surface area contributed by atoms with Gasteiger partial charge in [0.05, 0.1) is 18.2 Å². The third-order valence-electron chi connectivity index (χ3n) is 11.0. The molecule has 1 saturated heterocycles. The van der Waals surface area contributed by atoms with Crippen molar-refractivity contribution in [1.29, 1.82) is 0 Å². The number of aryl methyl sites for hydroxylation is 1. The lowest BCUT2D eigenvalue weighted by molar-refractivity contribution is -0.142. The van der Waals surface area contributed by atoms with Gasteiger partial charge in [0.2, 0.25) is 11.6 Å². The smallest absolute Gasteiger partial charge is 0.303 e. The minimum absolute atomic E-state index is 0.104. The Morgan fingerprint density at radius 1 is 1.06 bits per heavy atom. The average Bonchev–Trinajstić information content (AvgIpc) is 3.08. The van der Waals surface area contributed by atoms with Crippen molar-refractivity contribution in [1.82, 2.24) is 13.9 Å². The van der Waals surface area contributed by atoms with Gasteiger partial charge in [-0.2, -0.15) is 12.7 Å². The number of ether oxygens (including phenoxy) is 2. The Kier molecular flexibility index (Phi) is 10.8. The number of halogens is 2. The van der Waals surface area contributed by atoms with Gasteiger partial charge in [-0.1, -0.05) is 23.7 Å². The van der Waals surface area contributed by atoms with Gasteiger partial charge in [-0.15, -0.1) is 0 Å². The molecule has 1 aliphatic carbocycles. The molecule has 13 heteroatoms. The van der Waals surface area contributed by atoms with E-state index in [-0.39, 0.29) is 18.3 Å². The topological polar surface area (TPSA) is 108 Å². The number of anilines is 1. The molecular weight excluding hydrogens is 671 g/mol. The third-order valence-corrected chi connectivity index (χ3v) is 12.7.